The van der Waals surface area contributed by atoms with Crippen molar-refractivity contribution >= 4 is 12.0 Å². The van der Waals surface area contributed by atoms with Gasteiger partial charge in [-0.2, -0.15) is 13.2 Å². The summed E-state index contributed by atoms with van der Waals surface area (Å²) in [6.07, 6.45) is -2.60. The smallest absolute Gasteiger partial charge is 0.315 e. The van der Waals surface area contributed by atoms with Crippen LogP contribution >= 0.6 is 12.0 Å². The summed E-state index contributed by atoms with van der Waals surface area (Å²) in [5.41, 5.74) is -1.75. The maximum Gasteiger partial charge on any atom is 0.396 e. The minimum atomic E-state index is -4.19. The van der Waals surface area contributed by atoms with Gasteiger partial charge in [0, 0.05) is 6.26 Å². The molecule has 0 atom stereocenters. The fourth-order valence-corrected chi connectivity index (χ4v) is 0.701. The Morgan fingerprint density at radius 1 is 1.27 bits per heavy atom. The van der Waals surface area contributed by atoms with Crippen LogP contribution in [0.3, 0.4) is 0 Å². The second kappa shape index (κ2) is 3.67. The zero-order chi connectivity index (χ0) is 9.12. The molecule has 0 bridgehead atoms. The van der Waals surface area contributed by atoms with Crippen molar-refractivity contribution in [3.63, 3.8) is 0 Å². The summed E-state index contributed by atoms with van der Waals surface area (Å²) in [7, 11) is 0. The molecule has 0 rings (SSSR count). The lowest BCUT2D eigenvalue weighted by molar-refractivity contribution is -0.218. The number of halogens is 3. The molecule has 68 valence electrons. The van der Waals surface area contributed by atoms with Gasteiger partial charge in [0.15, 0.2) is 0 Å². The van der Waals surface area contributed by atoms with Gasteiger partial charge >= 0.3 is 6.18 Å². The molecule has 0 aliphatic heterocycles. The van der Waals surface area contributed by atoms with Crippen LogP contribution in [-0.4, -0.2) is 19.0 Å². The summed E-state index contributed by atoms with van der Waals surface area (Å²) >= 11 is 0.945. The summed E-state index contributed by atoms with van der Waals surface area (Å²) in [6, 6.07) is 0. The largest absolute Gasteiger partial charge is 0.396 e. The van der Waals surface area contributed by atoms with Crippen molar-refractivity contribution < 1.29 is 17.4 Å². The average molecular weight is 188 g/mol. The van der Waals surface area contributed by atoms with Crippen LogP contribution < -0.4 is 0 Å². The van der Waals surface area contributed by atoms with Crippen molar-refractivity contribution in [1.82, 2.24) is 0 Å². The zero-order valence-corrected chi connectivity index (χ0v) is 7.47. The first-order chi connectivity index (χ1) is 4.81. The standard InChI is InChI=1S/C6H11F3OS/c1-5(2,4-10-11-3)6(7,8)9/h4H2,1-3H3. The summed E-state index contributed by atoms with van der Waals surface area (Å²) in [5.74, 6) is 0. The van der Waals surface area contributed by atoms with Crippen molar-refractivity contribution in [3.8, 4) is 0 Å². The fraction of sp³-hybridized carbons (Fsp3) is 1.00. The van der Waals surface area contributed by atoms with Gasteiger partial charge in [-0.1, -0.05) is 0 Å². The molecule has 0 amide bonds. The molecule has 5 heteroatoms. The van der Waals surface area contributed by atoms with Gasteiger partial charge in [0.1, 0.15) is 0 Å². The minimum Gasteiger partial charge on any atom is -0.315 e. The Balaban J connectivity index is 4.00. The van der Waals surface area contributed by atoms with E-state index in [0.29, 0.717) is 0 Å². The van der Waals surface area contributed by atoms with Gasteiger partial charge in [-0.3, -0.25) is 0 Å². The summed E-state index contributed by atoms with van der Waals surface area (Å²) in [5, 5.41) is 0. The van der Waals surface area contributed by atoms with E-state index in [4.69, 9.17) is 0 Å². The van der Waals surface area contributed by atoms with E-state index in [1.807, 2.05) is 0 Å². The van der Waals surface area contributed by atoms with Gasteiger partial charge in [0.05, 0.1) is 12.0 Å². The van der Waals surface area contributed by atoms with Crippen LogP contribution in [0, 0.1) is 5.41 Å². The zero-order valence-electron chi connectivity index (χ0n) is 6.66. The van der Waals surface area contributed by atoms with Gasteiger partial charge in [-0.05, 0) is 25.9 Å². The number of hydrogen-bond acceptors (Lipinski definition) is 2. The molecule has 0 aromatic carbocycles. The van der Waals surface area contributed by atoms with E-state index in [0.717, 1.165) is 25.9 Å². The molecule has 0 aromatic heterocycles. The lowest BCUT2D eigenvalue weighted by Crippen LogP contribution is -2.35. The van der Waals surface area contributed by atoms with Crippen molar-refractivity contribution in [2.75, 3.05) is 12.9 Å². The van der Waals surface area contributed by atoms with Gasteiger partial charge in [0.2, 0.25) is 0 Å². The molecule has 0 unspecified atom stereocenters. The Bertz CT molecular complexity index is 121. The maximum atomic E-state index is 12.1. The van der Waals surface area contributed by atoms with E-state index in [1.165, 1.54) is 0 Å². The van der Waals surface area contributed by atoms with E-state index >= 15 is 0 Å². The molecule has 0 aromatic rings. The van der Waals surface area contributed by atoms with E-state index in [2.05, 4.69) is 4.18 Å². The topological polar surface area (TPSA) is 9.23 Å². The molecular weight excluding hydrogens is 177 g/mol. The highest BCUT2D eigenvalue weighted by molar-refractivity contribution is 7.93. The molecule has 0 aliphatic carbocycles. The normalized spacial score (nSPS) is 13.6. The molecule has 0 saturated heterocycles. The molecule has 0 N–H and O–H groups in total. The van der Waals surface area contributed by atoms with Crippen LogP contribution in [0.4, 0.5) is 13.2 Å². The molecule has 1 nitrogen and oxygen atoms in total. The Morgan fingerprint density at radius 3 is 2.00 bits per heavy atom. The van der Waals surface area contributed by atoms with Crippen LogP contribution in [0.2, 0.25) is 0 Å². The molecule has 0 radical (unpaired) electrons. The lowest BCUT2D eigenvalue weighted by atomic mass is 9.94. The maximum absolute atomic E-state index is 12.1. The van der Waals surface area contributed by atoms with E-state index in [-0.39, 0.29) is 6.61 Å². The SMILES string of the molecule is CSOCC(C)(C)C(F)(F)F. The van der Waals surface area contributed by atoms with Gasteiger partial charge in [-0.15, -0.1) is 0 Å². The van der Waals surface area contributed by atoms with Crippen molar-refractivity contribution in [2.24, 2.45) is 5.41 Å². The first kappa shape index (κ1) is 11.1. The van der Waals surface area contributed by atoms with Crippen molar-refractivity contribution in [1.29, 1.82) is 0 Å². The van der Waals surface area contributed by atoms with Gasteiger partial charge in [-0.25, -0.2) is 0 Å². The molecule has 11 heavy (non-hydrogen) atoms. The van der Waals surface area contributed by atoms with Crippen molar-refractivity contribution in [2.45, 2.75) is 20.0 Å². The molecule has 0 spiro atoms. The second-order valence-corrected chi connectivity index (χ2v) is 3.38. The molecular formula is C6H11F3OS. The Morgan fingerprint density at radius 2 is 1.73 bits per heavy atom. The number of alkyl halides is 3. The first-order valence-corrected chi connectivity index (χ1v) is 4.18. The Hall–Kier alpha value is 0.100. The number of rotatable bonds is 3. The van der Waals surface area contributed by atoms with Gasteiger partial charge < -0.3 is 4.18 Å². The predicted molar refractivity (Wildman–Crippen MR) is 39.3 cm³/mol. The molecule has 0 heterocycles. The Labute approximate surface area is 68.5 Å². The monoisotopic (exact) mass is 188 g/mol. The van der Waals surface area contributed by atoms with E-state index < -0.39 is 11.6 Å². The predicted octanol–water partition coefficient (Wildman–Crippen LogP) is 2.87. The average Bonchev–Trinajstić information content (AvgIpc) is 1.81. The quantitative estimate of drug-likeness (QED) is 0.630. The third-order valence-corrected chi connectivity index (χ3v) is 1.66. The fourth-order valence-electron chi connectivity index (χ4n) is 0.288. The van der Waals surface area contributed by atoms with Crippen molar-refractivity contribution in [3.05, 3.63) is 0 Å². The van der Waals surface area contributed by atoms with Gasteiger partial charge in [0.25, 0.3) is 0 Å². The Kier molecular flexibility index (Phi) is 3.70. The lowest BCUT2D eigenvalue weighted by Gasteiger charge is -2.26. The van der Waals surface area contributed by atoms with Crippen LogP contribution in [0.15, 0.2) is 0 Å². The second-order valence-electron chi connectivity index (χ2n) is 2.81. The summed E-state index contributed by atoms with van der Waals surface area (Å²) < 4.78 is 40.8. The van der Waals surface area contributed by atoms with Crippen LogP contribution in [0.25, 0.3) is 0 Å². The molecule has 0 aliphatic rings. The van der Waals surface area contributed by atoms with Crippen LogP contribution in [0.5, 0.6) is 0 Å². The highest BCUT2D eigenvalue weighted by atomic mass is 32.2. The van der Waals surface area contributed by atoms with E-state index in [1.54, 1.807) is 6.26 Å². The minimum absolute atomic E-state index is 0.308. The van der Waals surface area contributed by atoms with Crippen LogP contribution in [-0.2, 0) is 4.18 Å². The highest BCUT2D eigenvalue weighted by Crippen LogP contribution is 2.37. The third-order valence-electron chi connectivity index (χ3n) is 1.31. The molecule has 0 fully saturated rings. The number of hydrogen-bond donors (Lipinski definition) is 0. The summed E-state index contributed by atoms with van der Waals surface area (Å²) in [4.78, 5) is 0. The highest BCUT2D eigenvalue weighted by Gasteiger charge is 2.47. The summed E-state index contributed by atoms with van der Waals surface area (Å²) in [6.45, 7) is 1.92. The van der Waals surface area contributed by atoms with E-state index in [9.17, 15) is 13.2 Å². The molecule has 0 saturated carbocycles. The first-order valence-electron chi connectivity index (χ1n) is 3.03. The van der Waals surface area contributed by atoms with Crippen LogP contribution in [0.1, 0.15) is 13.8 Å². The third kappa shape index (κ3) is 3.33.